The number of fused-ring (bicyclic) bond motifs is 1. The number of benzene rings is 1. The van der Waals surface area contributed by atoms with Gasteiger partial charge in [-0.25, -0.2) is 15.0 Å². The van der Waals surface area contributed by atoms with Crippen LogP contribution in [0.25, 0.3) is 11.0 Å². The normalized spacial score (nSPS) is 17.8. The molecule has 1 atom stereocenters. The van der Waals surface area contributed by atoms with E-state index in [-0.39, 0.29) is 5.91 Å². The number of piperidine rings is 1. The summed E-state index contributed by atoms with van der Waals surface area (Å²) >= 11 is 0. The molecule has 1 fully saturated rings. The number of nitrogens with zero attached hydrogens (tertiary/aromatic N) is 5. The van der Waals surface area contributed by atoms with E-state index in [0.717, 1.165) is 42.7 Å². The molecule has 3 heterocycles. The molecule has 0 bridgehead atoms. The summed E-state index contributed by atoms with van der Waals surface area (Å²) in [6, 6.07) is 9.96. The molecule has 0 N–H and O–H groups in total. The van der Waals surface area contributed by atoms with Gasteiger partial charge in [0.15, 0.2) is 0 Å². The molecule has 25 heavy (non-hydrogen) atoms. The number of imidazole rings is 1. The Balaban J connectivity index is 1.39. The smallest absolute Gasteiger partial charge is 0.224 e. The number of aryl methyl sites for hydroxylation is 1. The third-order valence-corrected chi connectivity index (χ3v) is 4.89. The van der Waals surface area contributed by atoms with Gasteiger partial charge in [0.2, 0.25) is 5.91 Å². The SMILES string of the molecule is O=C(CCn1cnc2ccccc21)N1CCCC(c2ccncn2)C1. The molecular weight excluding hydrogens is 314 g/mol. The molecule has 2 aromatic heterocycles. The Kier molecular flexibility index (Phi) is 4.41. The molecule has 6 heteroatoms. The molecule has 0 radical (unpaired) electrons. The summed E-state index contributed by atoms with van der Waals surface area (Å²) in [5.41, 5.74) is 3.08. The Bertz CT molecular complexity index is 860. The number of rotatable bonds is 4. The van der Waals surface area contributed by atoms with Gasteiger partial charge in [-0.2, -0.15) is 0 Å². The van der Waals surface area contributed by atoms with Crippen molar-refractivity contribution < 1.29 is 4.79 Å². The minimum atomic E-state index is 0.205. The van der Waals surface area contributed by atoms with E-state index in [1.807, 2.05) is 41.6 Å². The maximum absolute atomic E-state index is 12.7. The van der Waals surface area contributed by atoms with E-state index in [0.29, 0.717) is 18.9 Å². The quantitative estimate of drug-likeness (QED) is 0.735. The number of hydrogen-bond acceptors (Lipinski definition) is 4. The van der Waals surface area contributed by atoms with E-state index < -0.39 is 0 Å². The van der Waals surface area contributed by atoms with Crippen LogP contribution in [0.5, 0.6) is 0 Å². The number of para-hydroxylation sites is 2. The van der Waals surface area contributed by atoms with Crippen LogP contribution in [0.1, 0.15) is 30.9 Å². The zero-order valence-electron chi connectivity index (χ0n) is 14.1. The summed E-state index contributed by atoms with van der Waals surface area (Å²) in [5, 5.41) is 0. The first-order chi connectivity index (χ1) is 12.3. The molecule has 4 rings (SSSR count). The van der Waals surface area contributed by atoms with Crippen LogP contribution in [0.2, 0.25) is 0 Å². The van der Waals surface area contributed by atoms with Crippen LogP contribution in [0.4, 0.5) is 0 Å². The standard InChI is InChI=1S/C19H21N5O/c25-19(8-11-24-14-22-17-5-1-2-6-18(17)24)23-10-3-4-15(12-23)16-7-9-20-13-21-16/h1-2,5-7,9,13-15H,3-4,8,10-12H2. The lowest BCUT2D eigenvalue weighted by atomic mass is 9.94. The summed E-state index contributed by atoms with van der Waals surface area (Å²) in [4.78, 5) is 27.4. The third kappa shape index (κ3) is 3.38. The van der Waals surface area contributed by atoms with Crippen LogP contribution >= 0.6 is 0 Å². The maximum atomic E-state index is 12.7. The zero-order valence-corrected chi connectivity index (χ0v) is 14.1. The molecule has 0 aliphatic carbocycles. The number of amides is 1. The molecule has 1 aliphatic rings. The molecule has 3 aromatic rings. The molecule has 1 saturated heterocycles. The van der Waals surface area contributed by atoms with Crippen LogP contribution in [0.3, 0.4) is 0 Å². The lowest BCUT2D eigenvalue weighted by molar-refractivity contribution is -0.132. The van der Waals surface area contributed by atoms with Crippen molar-refractivity contribution >= 4 is 16.9 Å². The minimum absolute atomic E-state index is 0.205. The highest BCUT2D eigenvalue weighted by atomic mass is 16.2. The van der Waals surface area contributed by atoms with Crippen LogP contribution in [-0.4, -0.2) is 43.4 Å². The molecule has 1 unspecified atom stereocenters. The van der Waals surface area contributed by atoms with Crippen molar-refractivity contribution in [1.29, 1.82) is 0 Å². The number of likely N-dealkylation sites (tertiary alicyclic amines) is 1. The Morgan fingerprint density at radius 2 is 2.12 bits per heavy atom. The molecule has 1 aromatic carbocycles. The summed E-state index contributed by atoms with van der Waals surface area (Å²) in [6.45, 7) is 2.25. The second-order valence-electron chi connectivity index (χ2n) is 6.49. The van der Waals surface area contributed by atoms with Gasteiger partial charge in [-0.1, -0.05) is 12.1 Å². The topological polar surface area (TPSA) is 63.9 Å². The number of carbonyl (C=O) groups is 1. The average molecular weight is 335 g/mol. The highest BCUT2D eigenvalue weighted by molar-refractivity contribution is 5.77. The number of hydrogen-bond donors (Lipinski definition) is 0. The fourth-order valence-corrected chi connectivity index (χ4v) is 3.55. The van der Waals surface area contributed by atoms with E-state index in [4.69, 9.17) is 0 Å². The van der Waals surface area contributed by atoms with Gasteiger partial charge in [-0.3, -0.25) is 4.79 Å². The van der Waals surface area contributed by atoms with Gasteiger partial charge in [-0.15, -0.1) is 0 Å². The van der Waals surface area contributed by atoms with Gasteiger partial charge in [-0.05, 0) is 31.0 Å². The Morgan fingerprint density at radius 3 is 3.00 bits per heavy atom. The van der Waals surface area contributed by atoms with Gasteiger partial charge >= 0.3 is 0 Å². The van der Waals surface area contributed by atoms with Crippen LogP contribution in [0.15, 0.2) is 49.2 Å². The number of carbonyl (C=O) groups excluding carboxylic acids is 1. The zero-order chi connectivity index (χ0) is 17.1. The average Bonchev–Trinajstić information content (AvgIpc) is 3.10. The van der Waals surface area contributed by atoms with Gasteiger partial charge in [0.1, 0.15) is 6.33 Å². The van der Waals surface area contributed by atoms with Gasteiger partial charge in [0, 0.05) is 43.9 Å². The molecule has 0 saturated carbocycles. The van der Waals surface area contributed by atoms with E-state index in [2.05, 4.69) is 19.5 Å². The molecular formula is C19H21N5O. The second kappa shape index (κ2) is 7.01. The highest BCUT2D eigenvalue weighted by Crippen LogP contribution is 2.25. The second-order valence-corrected chi connectivity index (χ2v) is 6.49. The van der Waals surface area contributed by atoms with Crippen molar-refractivity contribution in [3.8, 4) is 0 Å². The molecule has 0 spiro atoms. The van der Waals surface area contributed by atoms with Gasteiger partial charge in [0.25, 0.3) is 0 Å². The van der Waals surface area contributed by atoms with Crippen molar-refractivity contribution in [2.45, 2.75) is 31.7 Å². The largest absolute Gasteiger partial charge is 0.342 e. The third-order valence-electron chi connectivity index (χ3n) is 4.89. The van der Waals surface area contributed by atoms with E-state index in [1.165, 1.54) is 0 Å². The highest BCUT2D eigenvalue weighted by Gasteiger charge is 2.25. The molecule has 1 aliphatic heterocycles. The predicted molar refractivity (Wildman–Crippen MR) is 94.9 cm³/mol. The first-order valence-corrected chi connectivity index (χ1v) is 8.75. The van der Waals surface area contributed by atoms with Crippen molar-refractivity contribution in [2.75, 3.05) is 13.1 Å². The summed E-state index contributed by atoms with van der Waals surface area (Å²) < 4.78 is 2.05. The fourth-order valence-electron chi connectivity index (χ4n) is 3.55. The first-order valence-electron chi connectivity index (χ1n) is 8.75. The molecule has 6 nitrogen and oxygen atoms in total. The van der Waals surface area contributed by atoms with Crippen molar-refractivity contribution in [3.63, 3.8) is 0 Å². The lowest BCUT2D eigenvalue weighted by Crippen LogP contribution is -2.39. The van der Waals surface area contributed by atoms with Gasteiger partial charge in [0.05, 0.1) is 17.4 Å². The maximum Gasteiger partial charge on any atom is 0.224 e. The molecule has 128 valence electrons. The Hall–Kier alpha value is -2.76. The summed E-state index contributed by atoms with van der Waals surface area (Å²) in [5.74, 6) is 0.520. The van der Waals surface area contributed by atoms with E-state index >= 15 is 0 Å². The summed E-state index contributed by atoms with van der Waals surface area (Å²) in [6.07, 6.45) is 7.77. The van der Waals surface area contributed by atoms with Crippen LogP contribution in [0, 0.1) is 0 Å². The lowest BCUT2D eigenvalue weighted by Gasteiger charge is -2.32. The van der Waals surface area contributed by atoms with Crippen molar-refractivity contribution in [2.24, 2.45) is 0 Å². The number of aromatic nitrogens is 4. The minimum Gasteiger partial charge on any atom is -0.342 e. The Morgan fingerprint density at radius 1 is 1.20 bits per heavy atom. The fraction of sp³-hybridized carbons (Fsp3) is 0.368. The molecule has 1 amide bonds. The van der Waals surface area contributed by atoms with Crippen LogP contribution in [-0.2, 0) is 11.3 Å². The monoisotopic (exact) mass is 335 g/mol. The van der Waals surface area contributed by atoms with E-state index in [9.17, 15) is 4.79 Å². The van der Waals surface area contributed by atoms with Crippen molar-refractivity contribution in [1.82, 2.24) is 24.4 Å². The first kappa shape index (κ1) is 15.7. The van der Waals surface area contributed by atoms with Crippen LogP contribution < -0.4 is 0 Å². The van der Waals surface area contributed by atoms with E-state index in [1.54, 1.807) is 12.5 Å². The van der Waals surface area contributed by atoms with Gasteiger partial charge < -0.3 is 9.47 Å². The van der Waals surface area contributed by atoms with Crippen molar-refractivity contribution in [3.05, 3.63) is 54.9 Å². The summed E-state index contributed by atoms with van der Waals surface area (Å²) in [7, 11) is 0. The predicted octanol–water partition coefficient (Wildman–Crippen LogP) is 2.62. The Labute approximate surface area is 146 Å².